The van der Waals surface area contributed by atoms with Gasteiger partial charge in [0.05, 0.1) is 24.6 Å². The van der Waals surface area contributed by atoms with E-state index in [9.17, 15) is 4.79 Å². The molecule has 26 heavy (non-hydrogen) atoms. The van der Waals surface area contributed by atoms with Crippen LogP contribution in [0, 0.1) is 0 Å². The average molecular weight is 358 g/mol. The van der Waals surface area contributed by atoms with Crippen LogP contribution in [0.2, 0.25) is 0 Å². The van der Waals surface area contributed by atoms with E-state index in [-0.39, 0.29) is 18.5 Å². The van der Waals surface area contributed by atoms with Crippen molar-refractivity contribution < 1.29 is 14.7 Å². The van der Waals surface area contributed by atoms with E-state index in [0.29, 0.717) is 6.54 Å². The first kappa shape index (κ1) is 19.5. The van der Waals surface area contributed by atoms with E-state index in [1.54, 1.807) is 12.5 Å². The Morgan fingerprint density at radius 1 is 1.46 bits per heavy atom. The van der Waals surface area contributed by atoms with Gasteiger partial charge in [0.25, 0.3) is 6.47 Å². The molecule has 3 rings (SSSR count). The van der Waals surface area contributed by atoms with E-state index in [2.05, 4.69) is 41.5 Å². The first-order chi connectivity index (χ1) is 12.6. The number of carbonyl (C=O) groups excluding carboxylic acids is 1. The van der Waals surface area contributed by atoms with E-state index in [0.717, 1.165) is 31.5 Å². The summed E-state index contributed by atoms with van der Waals surface area (Å²) in [7, 11) is 1.89. The van der Waals surface area contributed by atoms with Crippen molar-refractivity contribution in [1.82, 2.24) is 19.8 Å². The molecule has 0 fully saturated rings. The molecule has 7 nitrogen and oxygen atoms in total. The zero-order valence-corrected chi connectivity index (χ0v) is 15.3. The van der Waals surface area contributed by atoms with Gasteiger partial charge in [-0.05, 0) is 37.3 Å². The monoisotopic (exact) mass is 358 g/mol. The Morgan fingerprint density at radius 2 is 2.19 bits per heavy atom. The lowest BCUT2D eigenvalue weighted by Gasteiger charge is -2.33. The number of hydrogen-bond acceptors (Lipinski definition) is 3. The molecule has 1 aromatic heterocycles. The lowest BCUT2D eigenvalue weighted by molar-refractivity contribution is -0.122. The lowest BCUT2D eigenvalue weighted by Crippen LogP contribution is -2.40. The standard InChI is InChI=1S/C18H24N4O.CH2O2/c1-3-22-13-19-11-15(22)12-20-18(23)21(2)17-10-6-8-14-7-4-5-9-16(14)17;2-1-3/h4-5,7,9,11,13,17H,3,6,8,10,12H2,1-2H3,(H,20,23);1H,(H,2,3). The van der Waals surface area contributed by atoms with Crippen molar-refractivity contribution in [1.29, 1.82) is 0 Å². The van der Waals surface area contributed by atoms with Crippen LogP contribution in [0.1, 0.15) is 42.6 Å². The third kappa shape index (κ3) is 4.62. The number of fused-ring (bicyclic) bond motifs is 1. The SMILES string of the molecule is CCn1cncc1CNC(=O)N(C)C1CCCc2ccccc21.O=CO. The maximum Gasteiger partial charge on any atom is 0.317 e. The maximum atomic E-state index is 12.5. The summed E-state index contributed by atoms with van der Waals surface area (Å²) in [5.74, 6) is 0. The number of aryl methyl sites for hydroxylation is 2. The van der Waals surface area contributed by atoms with Crippen molar-refractivity contribution in [3.63, 3.8) is 0 Å². The molecule has 2 aromatic rings. The van der Waals surface area contributed by atoms with Crippen LogP contribution < -0.4 is 5.32 Å². The van der Waals surface area contributed by atoms with Gasteiger partial charge in [-0.1, -0.05) is 24.3 Å². The molecular formula is C19H26N4O3. The quantitative estimate of drug-likeness (QED) is 0.823. The third-order valence-electron chi connectivity index (χ3n) is 4.69. The number of nitrogens with zero attached hydrogens (tertiary/aromatic N) is 3. The van der Waals surface area contributed by atoms with Gasteiger partial charge in [-0.3, -0.25) is 4.79 Å². The van der Waals surface area contributed by atoms with Crippen molar-refractivity contribution >= 4 is 12.5 Å². The fourth-order valence-electron chi connectivity index (χ4n) is 3.34. The van der Waals surface area contributed by atoms with Crippen LogP contribution in [0.15, 0.2) is 36.8 Å². The van der Waals surface area contributed by atoms with Crippen molar-refractivity contribution in [3.05, 3.63) is 53.6 Å². The van der Waals surface area contributed by atoms with E-state index in [4.69, 9.17) is 9.90 Å². The Balaban J connectivity index is 0.000000758. The predicted octanol–water partition coefficient (Wildman–Crippen LogP) is 2.82. The number of aromatic nitrogens is 2. The van der Waals surface area contributed by atoms with E-state index in [1.165, 1.54) is 11.1 Å². The predicted molar refractivity (Wildman–Crippen MR) is 98.7 cm³/mol. The Hall–Kier alpha value is -2.83. The Bertz CT molecular complexity index is 729. The minimum absolute atomic E-state index is 0.0319. The fraction of sp³-hybridized carbons (Fsp3) is 0.421. The summed E-state index contributed by atoms with van der Waals surface area (Å²) in [6.07, 6.45) is 6.86. The molecule has 140 valence electrons. The van der Waals surface area contributed by atoms with Gasteiger partial charge in [-0.15, -0.1) is 0 Å². The minimum Gasteiger partial charge on any atom is -0.483 e. The molecule has 0 saturated carbocycles. The molecule has 1 aromatic carbocycles. The zero-order chi connectivity index (χ0) is 18.9. The maximum absolute atomic E-state index is 12.5. The summed E-state index contributed by atoms with van der Waals surface area (Å²) in [5, 5.41) is 9.90. The second kappa shape index (κ2) is 9.60. The molecule has 1 heterocycles. The van der Waals surface area contributed by atoms with Crippen LogP contribution in [0.5, 0.6) is 0 Å². The molecule has 7 heteroatoms. The third-order valence-corrected chi connectivity index (χ3v) is 4.69. The first-order valence-corrected chi connectivity index (χ1v) is 8.77. The van der Waals surface area contributed by atoms with Gasteiger partial charge < -0.3 is 19.9 Å². The highest BCUT2D eigenvalue weighted by Gasteiger charge is 2.26. The molecule has 0 saturated heterocycles. The molecule has 0 spiro atoms. The highest BCUT2D eigenvalue weighted by Crippen LogP contribution is 2.33. The summed E-state index contributed by atoms with van der Waals surface area (Å²) >= 11 is 0. The van der Waals surface area contributed by atoms with Crippen LogP contribution in [0.3, 0.4) is 0 Å². The summed E-state index contributed by atoms with van der Waals surface area (Å²) in [4.78, 5) is 26.9. The van der Waals surface area contributed by atoms with Gasteiger partial charge in [0.15, 0.2) is 0 Å². The highest BCUT2D eigenvalue weighted by atomic mass is 16.3. The lowest BCUT2D eigenvalue weighted by atomic mass is 9.87. The second-order valence-electron chi connectivity index (χ2n) is 6.15. The molecule has 2 N–H and O–H groups in total. The van der Waals surface area contributed by atoms with Crippen LogP contribution >= 0.6 is 0 Å². The number of nitrogens with one attached hydrogen (secondary N) is 1. The van der Waals surface area contributed by atoms with Gasteiger partial charge in [-0.2, -0.15) is 0 Å². The molecule has 0 aliphatic heterocycles. The largest absolute Gasteiger partial charge is 0.483 e. The molecule has 1 aliphatic carbocycles. The number of benzene rings is 1. The van der Waals surface area contributed by atoms with Crippen LogP contribution in [0.4, 0.5) is 4.79 Å². The van der Waals surface area contributed by atoms with Crippen molar-refractivity contribution in [2.24, 2.45) is 0 Å². The smallest absolute Gasteiger partial charge is 0.317 e. The van der Waals surface area contributed by atoms with Crippen LogP contribution in [0.25, 0.3) is 0 Å². The van der Waals surface area contributed by atoms with Crippen LogP contribution in [-0.4, -0.2) is 39.1 Å². The Kier molecular flexibility index (Phi) is 7.20. The number of urea groups is 1. The summed E-state index contributed by atoms with van der Waals surface area (Å²) in [6, 6.07) is 8.59. The van der Waals surface area contributed by atoms with Gasteiger partial charge in [0.1, 0.15) is 0 Å². The number of carboxylic acid groups (broad SMARTS) is 1. The van der Waals surface area contributed by atoms with Crippen molar-refractivity contribution in [2.45, 2.75) is 45.3 Å². The number of rotatable bonds is 4. The zero-order valence-electron chi connectivity index (χ0n) is 15.3. The molecule has 1 unspecified atom stereocenters. The molecule has 1 atom stereocenters. The van der Waals surface area contributed by atoms with Crippen molar-refractivity contribution in [2.75, 3.05) is 7.05 Å². The van der Waals surface area contributed by atoms with E-state index >= 15 is 0 Å². The van der Waals surface area contributed by atoms with E-state index < -0.39 is 0 Å². The Labute approximate surface area is 153 Å². The summed E-state index contributed by atoms with van der Waals surface area (Å²) in [5.41, 5.74) is 3.68. The molecule has 2 amide bonds. The highest BCUT2D eigenvalue weighted by molar-refractivity contribution is 5.74. The average Bonchev–Trinajstić information content (AvgIpc) is 3.13. The minimum atomic E-state index is -0.250. The van der Waals surface area contributed by atoms with Gasteiger partial charge in [0, 0.05) is 19.8 Å². The molecule has 1 aliphatic rings. The number of amides is 2. The second-order valence-corrected chi connectivity index (χ2v) is 6.15. The van der Waals surface area contributed by atoms with Gasteiger partial charge in [-0.25, -0.2) is 9.78 Å². The van der Waals surface area contributed by atoms with E-state index in [1.807, 2.05) is 16.5 Å². The number of imidazole rings is 1. The van der Waals surface area contributed by atoms with Gasteiger partial charge >= 0.3 is 6.03 Å². The Morgan fingerprint density at radius 3 is 2.92 bits per heavy atom. The molecule has 0 radical (unpaired) electrons. The first-order valence-electron chi connectivity index (χ1n) is 8.77. The normalized spacial score (nSPS) is 15.2. The topological polar surface area (TPSA) is 87.5 Å². The van der Waals surface area contributed by atoms with Crippen molar-refractivity contribution in [3.8, 4) is 0 Å². The molecule has 0 bridgehead atoms. The van der Waals surface area contributed by atoms with Gasteiger partial charge in [0.2, 0.25) is 0 Å². The number of carbonyl (C=O) groups is 2. The molecular weight excluding hydrogens is 332 g/mol. The summed E-state index contributed by atoms with van der Waals surface area (Å²) in [6.45, 7) is 3.18. The summed E-state index contributed by atoms with van der Waals surface area (Å²) < 4.78 is 2.04. The fourth-order valence-corrected chi connectivity index (χ4v) is 3.34. The van der Waals surface area contributed by atoms with Crippen LogP contribution in [-0.2, 0) is 24.3 Å². The number of hydrogen-bond donors (Lipinski definition) is 2.